The van der Waals surface area contributed by atoms with E-state index in [0.717, 1.165) is 36.5 Å². The monoisotopic (exact) mass is 313 g/mol. The SMILES string of the molecule is C[C@H](N)Cc1ccc(OCCC23CC4CC(CC(C4)C2)C3)cc1. The maximum absolute atomic E-state index is 6.07. The van der Waals surface area contributed by atoms with E-state index in [-0.39, 0.29) is 6.04 Å². The molecule has 0 heterocycles. The lowest BCUT2D eigenvalue weighted by Crippen LogP contribution is -2.46. The zero-order chi connectivity index (χ0) is 15.9. The van der Waals surface area contributed by atoms with Crippen LogP contribution < -0.4 is 10.5 Å². The molecular weight excluding hydrogens is 282 g/mol. The molecule has 126 valence electrons. The fraction of sp³-hybridized carbons (Fsp3) is 0.714. The smallest absolute Gasteiger partial charge is 0.119 e. The lowest BCUT2D eigenvalue weighted by Gasteiger charge is -2.57. The normalized spacial score (nSPS) is 36.2. The quantitative estimate of drug-likeness (QED) is 0.835. The predicted octanol–water partition coefficient (Wildman–Crippen LogP) is 4.56. The standard InChI is InChI=1S/C21H31NO/c1-15(22)8-16-2-4-20(5-3-16)23-7-6-21-12-17-9-18(13-21)11-19(10-17)14-21/h2-5,15,17-19H,6-14,22H2,1H3/t15-,17?,18?,19?,21?/m0/s1. The Hall–Kier alpha value is -1.02. The first-order chi connectivity index (χ1) is 11.1. The summed E-state index contributed by atoms with van der Waals surface area (Å²) >= 11 is 0. The summed E-state index contributed by atoms with van der Waals surface area (Å²) in [6.07, 6.45) is 11.2. The second-order valence-electron chi connectivity index (χ2n) is 8.84. The molecule has 2 N–H and O–H groups in total. The molecule has 0 spiro atoms. The molecule has 4 bridgehead atoms. The highest BCUT2D eigenvalue weighted by molar-refractivity contribution is 5.27. The van der Waals surface area contributed by atoms with Gasteiger partial charge in [-0.1, -0.05) is 12.1 Å². The van der Waals surface area contributed by atoms with E-state index < -0.39 is 0 Å². The topological polar surface area (TPSA) is 35.2 Å². The summed E-state index contributed by atoms with van der Waals surface area (Å²) in [6, 6.07) is 8.75. The van der Waals surface area contributed by atoms with Crippen LogP contribution in [0.5, 0.6) is 5.75 Å². The average molecular weight is 313 g/mol. The highest BCUT2D eigenvalue weighted by atomic mass is 16.5. The molecule has 0 aliphatic heterocycles. The summed E-state index contributed by atoms with van der Waals surface area (Å²) in [6.45, 7) is 2.94. The third kappa shape index (κ3) is 3.42. The molecule has 4 saturated carbocycles. The molecular formula is C21H31NO. The first kappa shape index (κ1) is 15.5. The van der Waals surface area contributed by atoms with Gasteiger partial charge >= 0.3 is 0 Å². The van der Waals surface area contributed by atoms with Crippen LogP contribution >= 0.6 is 0 Å². The molecule has 23 heavy (non-hydrogen) atoms. The zero-order valence-electron chi connectivity index (χ0n) is 14.5. The van der Waals surface area contributed by atoms with Crippen molar-refractivity contribution in [3.63, 3.8) is 0 Å². The van der Waals surface area contributed by atoms with Crippen LogP contribution in [0.2, 0.25) is 0 Å². The van der Waals surface area contributed by atoms with E-state index in [1.807, 2.05) is 0 Å². The van der Waals surface area contributed by atoms with Gasteiger partial charge in [-0.15, -0.1) is 0 Å². The van der Waals surface area contributed by atoms with Crippen LogP contribution in [-0.2, 0) is 6.42 Å². The average Bonchev–Trinajstić information content (AvgIpc) is 2.47. The third-order valence-electron chi connectivity index (χ3n) is 6.55. The minimum Gasteiger partial charge on any atom is -0.494 e. The van der Waals surface area contributed by atoms with Crippen molar-refractivity contribution in [3.05, 3.63) is 29.8 Å². The Morgan fingerprint density at radius 2 is 1.61 bits per heavy atom. The number of benzene rings is 1. The summed E-state index contributed by atoms with van der Waals surface area (Å²) < 4.78 is 6.07. The maximum atomic E-state index is 6.07. The summed E-state index contributed by atoms with van der Waals surface area (Å²) in [5.41, 5.74) is 7.78. The Kier molecular flexibility index (Phi) is 4.13. The number of hydrogen-bond acceptors (Lipinski definition) is 2. The van der Waals surface area contributed by atoms with Gasteiger partial charge in [0.25, 0.3) is 0 Å². The molecule has 0 unspecified atom stereocenters. The van der Waals surface area contributed by atoms with Gasteiger partial charge in [0.05, 0.1) is 6.61 Å². The van der Waals surface area contributed by atoms with Crippen LogP contribution in [0.1, 0.15) is 57.4 Å². The van der Waals surface area contributed by atoms with Crippen molar-refractivity contribution in [2.24, 2.45) is 28.9 Å². The van der Waals surface area contributed by atoms with E-state index in [9.17, 15) is 0 Å². The molecule has 5 rings (SSSR count). The van der Waals surface area contributed by atoms with Crippen molar-refractivity contribution in [3.8, 4) is 5.75 Å². The number of rotatable bonds is 6. The largest absolute Gasteiger partial charge is 0.494 e. The van der Waals surface area contributed by atoms with Crippen LogP contribution in [0.15, 0.2) is 24.3 Å². The summed E-state index contributed by atoms with van der Waals surface area (Å²) in [7, 11) is 0. The van der Waals surface area contributed by atoms with E-state index >= 15 is 0 Å². The Balaban J connectivity index is 1.30. The molecule has 0 amide bonds. The van der Waals surface area contributed by atoms with Gasteiger partial charge < -0.3 is 10.5 Å². The van der Waals surface area contributed by atoms with Crippen LogP contribution in [-0.4, -0.2) is 12.6 Å². The van der Waals surface area contributed by atoms with Crippen molar-refractivity contribution in [1.29, 1.82) is 0 Å². The third-order valence-corrected chi connectivity index (χ3v) is 6.55. The van der Waals surface area contributed by atoms with Crippen molar-refractivity contribution >= 4 is 0 Å². The fourth-order valence-corrected chi connectivity index (χ4v) is 6.08. The fourth-order valence-electron chi connectivity index (χ4n) is 6.08. The summed E-state index contributed by atoms with van der Waals surface area (Å²) in [5, 5.41) is 0. The van der Waals surface area contributed by atoms with E-state index in [4.69, 9.17) is 10.5 Å². The summed E-state index contributed by atoms with van der Waals surface area (Å²) in [5.74, 6) is 4.14. The molecule has 2 nitrogen and oxygen atoms in total. The van der Waals surface area contributed by atoms with Gasteiger partial charge in [-0.25, -0.2) is 0 Å². The second-order valence-corrected chi connectivity index (χ2v) is 8.84. The molecule has 0 aromatic heterocycles. The molecule has 4 aliphatic rings. The second kappa shape index (κ2) is 6.12. The van der Waals surface area contributed by atoms with Crippen LogP contribution in [0.3, 0.4) is 0 Å². The van der Waals surface area contributed by atoms with E-state index in [1.165, 1.54) is 50.5 Å². The first-order valence-corrected chi connectivity index (χ1v) is 9.58. The maximum Gasteiger partial charge on any atom is 0.119 e. The molecule has 4 aliphatic carbocycles. The molecule has 1 atom stereocenters. The Morgan fingerprint density at radius 3 is 2.13 bits per heavy atom. The van der Waals surface area contributed by atoms with Gasteiger partial charge in [0.2, 0.25) is 0 Å². The van der Waals surface area contributed by atoms with Crippen LogP contribution in [0, 0.1) is 23.2 Å². The van der Waals surface area contributed by atoms with E-state index in [1.54, 1.807) is 0 Å². The van der Waals surface area contributed by atoms with Gasteiger partial charge in [-0.3, -0.25) is 0 Å². The highest BCUT2D eigenvalue weighted by Gasteiger charge is 2.50. The lowest BCUT2D eigenvalue weighted by atomic mass is 9.49. The van der Waals surface area contributed by atoms with Gasteiger partial charge in [0.15, 0.2) is 0 Å². The summed E-state index contributed by atoms with van der Waals surface area (Å²) in [4.78, 5) is 0. The van der Waals surface area contributed by atoms with E-state index in [0.29, 0.717) is 5.41 Å². The van der Waals surface area contributed by atoms with Crippen molar-refractivity contribution in [2.45, 2.75) is 64.3 Å². The van der Waals surface area contributed by atoms with Crippen molar-refractivity contribution in [1.82, 2.24) is 0 Å². The highest BCUT2D eigenvalue weighted by Crippen LogP contribution is 2.61. The van der Waals surface area contributed by atoms with Crippen molar-refractivity contribution < 1.29 is 4.74 Å². The molecule has 2 heteroatoms. The number of hydrogen-bond donors (Lipinski definition) is 1. The number of ether oxygens (including phenoxy) is 1. The van der Waals surface area contributed by atoms with Gasteiger partial charge in [0, 0.05) is 6.04 Å². The van der Waals surface area contributed by atoms with Crippen LogP contribution in [0.25, 0.3) is 0 Å². The minimum absolute atomic E-state index is 0.220. The van der Waals surface area contributed by atoms with Gasteiger partial charge in [0.1, 0.15) is 5.75 Å². The van der Waals surface area contributed by atoms with Crippen molar-refractivity contribution in [2.75, 3.05) is 6.61 Å². The predicted molar refractivity (Wildman–Crippen MR) is 94.5 cm³/mol. The van der Waals surface area contributed by atoms with Gasteiger partial charge in [-0.2, -0.15) is 0 Å². The molecule has 1 aromatic rings. The first-order valence-electron chi connectivity index (χ1n) is 9.58. The molecule has 4 fully saturated rings. The lowest BCUT2D eigenvalue weighted by molar-refractivity contribution is -0.0622. The van der Waals surface area contributed by atoms with E-state index in [2.05, 4.69) is 31.2 Å². The Morgan fingerprint density at radius 1 is 1.04 bits per heavy atom. The van der Waals surface area contributed by atoms with Crippen LogP contribution in [0.4, 0.5) is 0 Å². The minimum atomic E-state index is 0.220. The molecule has 0 radical (unpaired) electrons. The Bertz CT molecular complexity index is 498. The van der Waals surface area contributed by atoms with Gasteiger partial charge in [-0.05, 0) is 99.2 Å². The number of nitrogens with two attached hydrogens (primary N) is 1. The molecule has 1 aromatic carbocycles. The molecule has 0 saturated heterocycles. The Labute approximate surface area is 140 Å². The zero-order valence-corrected chi connectivity index (χ0v) is 14.5.